The van der Waals surface area contributed by atoms with E-state index in [-0.39, 0.29) is 17.1 Å². The van der Waals surface area contributed by atoms with E-state index in [0.717, 1.165) is 25.2 Å². The van der Waals surface area contributed by atoms with E-state index in [1.54, 1.807) is 16.8 Å². The molecule has 0 bridgehead atoms. The molecule has 0 radical (unpaired) electrons. The van der Waals surface area contributed by atoms with Crippen molar-refractivity contribution in [2.45, 2.75) is 39.2 Å². The molecule has 0 atom stereocenters. The lowest BCUT2D eigenvalue weighted by Gasteiger charge is -2.21. The number of ether oxygens (including phenoxy) is 1. The van der Waals surface area contributed by atoms with Crippen LogP contribution >= 0.6 is 0 Å². The summed E-state index contributed by atoms with van der Waals surface area (Å²) in [5, 5.41) is 4.52. The van der Waals surface area contributed by atoms with Crippen LogP contribution in [-0.4, -0.2) is 64.7 Å². The second kappa shape index (κ2) is 8.41. The summed E-state index contributed by atoms with van der Waals surface area (Å²) >= 11 is 0. The maximum atomic E-state index is 13.1. The highest BCUT2D eigenvalue weighted by molar-refractivity contribution is 5.92. The molecule has 0 spiro atoms. The van der Waals surface area contributed by atoms with Gasteiger partial charge in [-0.1, -0.05) is 20.8 Å². The number of aromatic nitrogens is 2. The van der Waals surface area contributed by atoms with Crippen molar-refractivity contribution in [3.05, 3.63) is 41.1 Å². The molecule has 0 aromatic carbocycles. The number of furan rings is 1. The van der Waals surface area contributed by atoms with Gasteiger partial charge in [-0.3, -0.25) is 14.4 Å². The maximum Gasteiger partial charge on any atom is 0.373 e. The van der Waals surface area contributed by atoms with Crippen LogP contribution < -0.4 is 0 Å². The van der Waals surface area contributed by atoms with E-state index in [9.17, 15) is 9.59 Å². The van der Waals surface area contributed by atoms with E-state index in [1.807, 2.05) is 18.0 Å². The molecule has 2 aromatic heterocycles. The highest BCUT2D eigenvalue weighted by atomic mass is 16.5. The average molecular weight is 402 g/mol. The second-order valence-electron chi connectivity index (χ2n) is 8.47. The molecule has 3 rings (SSSR count). The fraction of sp³-hybridized carbons (Fsp3) is 0.571. The number of nitrogens with zero attached hydrogens (tertiary/aromatic N) is 4. The molecule has 0 N–H and O–H groups in total. The van der Waals surface area contributed by atoms with Crippen molar-refractivity contribution in [3.8, 4) is 0 Å². The monoisotopic (exact) mass is 402 g/mol. The Labute approximate surface area is 171 Å². The number of methoxy groups -OCH3 is 1. The summed E-state index contributed by atoms with van der Waals surface area (Å²) in [6.45, 7) is 9.81. The van der Waals surface area contributed by atoms with E-state index in [4.69, 9.17) is 4.42 Å². The fourth-order valence-electron chi connectivity index (χ4n) is 3.42. The van der Waals surface area contributed by atoms with Gasteiger partial charge in [0.15, 0.2) is 0 Å². The van der Waals surface area contributed by atoms with Gasteiger partial charge >= 0.3 is 5.97 Å². The molecule has 158 valence electrons. The van der Waals surface area contributed by atoms with Crippen molar-refractivity contribution in [2.24, 2.45) is 7.05 Å². The molecule has 0 aliphatic carbocycles. The van der Waals surface area contributed by atoms with Crippen molar-refractivity contribution in [2.75, 3.05) is 33.3 Å². The van der Waals surface area contributed by atoms with Gasteiger partial charge in [0.05, 0.1) is 19.3 Å². The quantitative estimate of drug-likeness (QED) is 0.731. The standard InChI is InChI=1S/C21H30N4O4/c1-21(2,3)18-13-16(23(4)22-18)19(26)25-10-6-9-24(11-12-25)14-15-7-8-17(29-15)20(27)28-5/h7-8,13H,6,9-12,14H2,1-5H3. The first-order valence-electron chi connectivity index (χ1n) is 9.92. The topological polar surface area (TPSA) is 80.8 Å². The summed E-state index contributed by atoms with van der Waals surface area (Å²) in [4.78, 5) is 28.7. The Morgan fingerprint density at radius 1 is 1.17 bits per heavy atom. The predicted octanol–water partition coefficient (Wildman–Crippen LogP) is 2.45. The number of aryl methyl sites for hydroxylation is 1. The Morgan fingerprint density at radius 3 is 2.59 bits per heavy atom. The molecule has 1 fully saturated rings. The first kappa shape index (κ1) is 21.1. The van der Waals surface area contributed by atoms with E-state index in [2.05, 4.69) is 35.5 Å². The normalized spacial score (nSPS) is 16.0. The van der Waals surface area contributed by atoms with Crippen molar-refractivity contribution in [3.63, 3.8) is 0 Å². The van der Waals surface area contributed by atoms with Gasteiger partial charge in [0.1, 0.15) is 11.5 Å². The van der Waals surface area contributed by atoms with Crippen LogP contribution in [0.5, 0.6) is 0 Å². The average Bonchev–Trinajstić information content (AvgIpc) is 3.22. The summed E-state index contributed by atoms with van der Waals surface area (Å²) in [6.07, 6.45) is 0.875. The van der Waals surface area contributed by atoms with E-state index in [0.29, 0.717) is 31.1 Å². The molecule has 1 aliphatic rings. The number of hydrogen-bond donors (Lipinski definition) is 0. The van der Waals surface area contributed by atoms with Crippen molar-refractivity contribution in [1.29, 1.82) is 0 Å². The smallest absolute Gasteiger partial charge is 0.373 e. The number of hydrogen-bond acceptors (Lipinski definition) is 6. The summed E-state index contributed by atoms with van der Waals surface area (Å²) < 4.78 is 11.9. The second-order valence-corrected chi connectivity index (χ2v) is 8.47. The molecule has 0 unspecified atom stereocenters. The van der Waals surface area contributed by atoms with E-state index >= 15 is 0 Å². The fourth-order valence-corrected chi connectivity index (χ4v) is 3.42. The van der Waals surface area contributed by atoms with E-state index < -0.39 is 5.97 Å². The summed E-state index contributed by atoms with van der Waals surface area (Å²) in [6, 6.07) is 5.33. The minimum absolute atomic E-state index is 0.0170. The van der Waals surface area contributed by atoms with Crippen LogP contribution in [0.4, 0.5) is 0 Å². The van der Waals surface area contributed by atoms with Crippen molar-refractivity contribution >= 4 is 11.9 Å². The number of carbonyl (C=O) groups is 2. The van der Waals surface area contributed by atoms with Gasteiger partial charge in [0.2, 0.25) is 5.76 Å². The van der Waals surface area contributed by atoms with Crippen molar-refractivity contribution in [1.82, 2.24) is 19.6 Å². The Morgan fingerprint density at radius 2 is 1.93 bits per heavy atom. The third-order valence-corrected chi connectivity index (χ3v) is 5.17. The van der Waals surface area contributed by atoms with E-state index in [1.165, 1.54) is 7.11 Å². The van der Waals surface area contributed by atoms with Gasteiger partial charge in [0.25, 0.3) is 5.91 Å². The summed E-state index contributed by atoms with van der Waals surface area (Å²) in [7, 11) is 3.15. The minimum atomic E-state index is -0.477. The third kappa shape index (κ3) is 4.87. The molecule has 2 aromatic rings. The predicted molar refractivity (Wildman–Crippen MR) is 108 cm³/mol. The highest BCUT2D eigenvalue weighted by Crippen LogP contribution is 2.22. The number of amides is 1. The third-order valence-electron chi connectivity index (χ3n) is 5.17. The van der Waals surface area contributed by atoms with Crippen LogP contribution in [-0.2, 0) is 23.7 Å². The molecule has 1 saturated heterocycles. The lowest BCUT2D eigenvalue weighted by molar-refractivity contribution is 0.0560. The van der Waals surface area contributed by atoms with Crippen LogP contribution in [0.25, 0.3) is 0 Å². The molecule has 29 heavy (non-hydrogen) atoms. The largest absolute Gasteiger partial charge is 0.463 e. The zero-order valence-electron chi connectivity index (χ0n) is 17.9. The molecule has 1 aliphatic heterocycles. The number of rotatable bonds is 4. The first-order valence-corrected chi connectivity index (χ1v) is 9.92. The van der Waals surface area contributed by atoms with Crippen LogP contribution in [0.1, 0.15) is 59.7 Å². The molecule has 8 heteroatoms. The molecular weight excluding hydrogens is 372 g/mol. The molecule has 3 heterocycles. The zero-order valence-corrected chi connectivity index (χ0v) is 17.9. The maximum absolute atomic E-state index is 13.1. The van der Waals surface area contributed by atoms with Crippen LogP contribution in [0.3, 0.4) is 0 Å². The van der Waals surface area contributed by atoms with Gasteiger partial charge in [-0.25, -0.2) is 4.79 Å². The van der Waals surface area contributed by atoms with Crippen LogP contribution in [0, 0.1) is 0 Å². The lowest BCUT2D eigenvalue weighted by atomic mass is 9.92. The number of esters is 1. The SMILES string of the molecule is COC(=O)c1ccc(CN2CCCN(C(=O)c3cc(C(C)(C)C)nn3C)CC2)o1. The van der Waals surface area contributed by atoms with Gasteiger partial charge in [-0.05, 0) is 24.6 Å². The summed E-state index contributed by atoms with van der Waals surface area (Å²) in [5.41, 5.74) is 1.44. The first-order chi connectivity index (χ1) is 13.7. The van der Waals surface area contributed by atoms with Gasteiger partial charge in [-0.15, -0.1) is 0 Å². The highest BCUT2D eigenvalue weighted by Gasteiger charge is 2.26. The minimum Gasteiger partial charge on any atom is -0.463 e. The Kier molecular flexibility index (Phi) is 6.12. The van der Waals surface area contributed by atoms with Crippen molar-refractivity contribution < 1.29 is 18.7 Å². The molecule has 1 amide bonds. The van der Waals surface area contributed by atoms with Crippen LogP contribution in [0.2, 0.25) is 0 Å². The summed E-state index contributed by atoms with van der Waals surface area (Å²) in [5.74, 6) is 0.463. The molecule has 8 nitrogen and oxygen atoms in total. The Balaban J connectivity index is 1.62. The molecule has 0 saturated carbocycles. The Hall–Kier alpha value is -2.61. The van der Waals surface area contributed by atoms with Gasteiger partial charge in [-0.2, -0.15) is 5.10 Å². The van der Waals surface area contributed by atoms with Crippen LogP contribution in [0.15, 0.2) is 22.6 Å². The van der Waals surface area contributed by atoms with Gasteiger partial charge < -0.3 is 14.1 Å². The van der Waals surface area contributed by atoms with Gasteiger partial charge in [0, 0.05) is 38.6 Å². The zero-order chi connectivity index (χ0) is 21.2. The molecular formula is C21H30N4O4. The lowest BCUT2D eigenvalue weighted by Crippen LogP contribution is -2.36. The Bertz CT molecular complexity index is 878. The number of carbonyl (C=O) groups excluding carboxylic acids is 2.